The Morgan fingerprint density at radius 3 is 2.29 bits per heavy atom. The van der Waals surface area contributed by atoms with Crippen molar-refractivity contribution in [2.24, 2.45) is 5.92 Å². The number of benzene rings is 1. The molecule has 0 bridgehead atoms. The van der Waals surface area contributed by atoms with E-state index < -0.39 is 48.7 Å². The highest BCUT2D eigenvalue weighted by atomic mass is 127. The van der Waals surface area contributed by atoms with Gasteiger partial charge in [0.25, 0.3) is 0 Å². The highest BCUT2D eigenvalue weighted by molar-refractivity contribution is 14.1. The van der Waals surface area contributed by atoms with Crippen molar-refractivity contribution in [3.8, 4) is 5.75 Å². The van der Waals surface area contributed by atoms with Gasteiger partial charge in [0.1, 0.15) is 24.5 Å². The standard InChI is InChI=1S/C21H28FIN2O6/c1-11(2)20(21(30)24-15(9-19(28)29)16(26)10-22)25-18(27)8-13-7-14(23)5-6-17(13)31-12(3)4/h5-7,11-12,15,20H,8-10H2,1-4H3,(H,24,30)(H,25,27)(H,28,29). The smallest absolute Gasteiger partial charge is 0.305 e. The van der Waals surface area contributed by atoms with Gasteiger partial charge in [0, 0.05) is 9.13 Å². The summed E-state index contributed by atoms with van der Waals surface area (Å²) in [5.74, 6) is -3.40. The molecular weight excluding hydrogens is 522 g/mol. The third kappa shape index (κ3) is 9.19. The van der Waals surface area contributed by atoms with Crippen LogP contribution in [0.15, 0.2) is 18.2 Å². The van der Waals surface area contributed by atoms with Gasteiger partial charge in [-0.3, -0.25) is 19.2 Å². The lowest BCUT2D eigenvalue weighted by Crippen LogP contribution is -2.54. The van der Waals surface area contributed by atoms with Crippen LogP contribution in [0.2, 0.25) is 0 Å². The van der Waals surface area contributed by atoms with E-state index in [0.717, 1.165) is 3.57 Å². The van der Waals surface area contributed by atoms with E-state index in [2.05, 4.69) is 33.2 Å². The van der Waals surface area contributed by atoms with E-state index in [1.165, 1.54) is 0 Å². The van der Waals surface area contributed by atoms with Crippen molar-refractivity contribution in [2.75, 3.05) is 6.67 Å². The third-order valence-electron chi connectivity index (χ3n) is 4.22. The number of aliphatic carboxylic acids is 1. The second kappa shape index (κ2) is 12.6. The second-order valence-electron chi connectivity index (χ2n) is 7.64. The number of carboxylic acid groups (broad SMARTS) is 1. The molecule has 0 aliphatic carbocycles. The Balaban J connectivity index is 2.94. The maximum atomic E-state index is 12.7. The molecule has 0 saturated heterocycles. The molecule has 0 radical (unpaired) electrons. The first-order valence-electron chi connectivity index (χ1n) is 9.79. The summed E-state index contributed by atoms with van der Waals surface area (Å²) in [4.78, 5) is 47.9. The number of nitrogens with one attached hydrogen (secondary N) is 2. The van der Waals surface area contributed by atoms with Gasteiger partial charge in [-0.2, -0.15) is 0 Å². The molecule has 2 amide bonds. The van der Waals surface area contributed by atoms with Gasteiger partial charge < -0.3 is 20.5 Å². The Labute approximate surface area is 194 Å². The summed E-state index contributed by atoms with van der Waals surface area (Å²) in [6, 6.07) is 2.90. The van der Waals surface area contributed by atoms with E-state index in [-0.39, 0.29) is 18.4 Å². The number of carbonyl (C=O) groups is 4. The van der Waals surface area contributed by atoms with Crippen LogP contribution in [0.25, 0.3) is 0 Å². The summed E-state index contributed by atoms with van der Waals surface area (Å²) in [6.45, 7) is 5.71. The lowest BCUT2D eigenvalue weighted by molar-refractivity contribution is -0.140. The molecule has 0 aliphatic heterocycles. The van der Waals surface area contributed by atoms with Crippen LogP contribution < -0.4 is 15.4 Å². The molecule has 10 heteroatoms. The van der Waals surface area contributed by atoms with Gasteiger partial charge in [0.15, 0.2) is 5.78 Å². The average molecular weight is 550 g/mol. The number of halogens is 2. The molecule has 0 saturated carbocycles. The van der Waals surface area contributed by atoms with E-state index in [0.29, 0.717) is 11.3 Å². The van der Waals surface area contributed by atoms with Crippen molar-refractivity contribution in [2.45, 2.75) is 58.7 Å². The minimum absolute atomic E-state index is 0.0443. The zero-order valence-electron chi connectivity index (χ0n) is 17.9. The first kappa shape index (κ1) is 26.8. The predicted molar refractivity (Wildman–Crippen MR) is 121 cm³/mol. The van der Waals surface area contributed by atoms with Crippen LogP contribution >= 0.6 is 22.6 Å². The predicted octanol–water partition coefficient (Wildman–Crippen LogP) is 2.26. The van der Waals surface area contributed by atoms with Gasteiger partial charge in [0.05, 0.1) is 18.9 Å². The molecule has 2 atom stereocenters. The molecule has 0 spiro atoms. The number of hydrogen-bond acceptors (Lipinski definition) is 5. The summed E-state index contributed by atoms with van der Waals surface area (Å²) in [5, 5.41) is 13.8. The fourth-order valence-corrected chi connectivity index (χ4v) is 3.32. The monoisotopic (exact) mass is 550 g/mol. The van der Waals surface area contributed by atoms with Crippen molar-refractivity contribution in [1.29, 1.82) is 0 Å². The molecule has 2 unspecified atom stereocenters. The maximum Gasteiger partial charge on any atom is 0.305 e. The summed E-state index contributed by atoms with van der Waals surface area (Å²) in [6.07, 6.45) is -0.876. The molecule has 31 heavy (non-hydrogen) atoms. The SMILES string of the molecule is CC(C)Oc1ccc(I)cc1CC(=O)NC(C(=O)NC(CC(=O)O)C(=O)CF)C(C)C. The number of carbonyl (C=O) groups excluding carboxylic acids is 3. The fraction of sp³-hybridized carbons (Fsp3) is 0.524. The number of rotatable bonds is 12. The topological polar surface area (TPSA) is 122 Å². The lowest BCUT2D eigenvalue weighted by atomic mass is 10.0. The van der Waals surface area contributed by atoms with Crippen LogP contribution in [0.1, 0.15) is 39.7 Å². The van der Waals surface area contributed by atoms with Gasteiger partial charge in [-0.25, -0.2) is 4.39 Å². The van der Waals surface area contributed by atoms with Crippen molar-refractivity contribution in [1.82, 2.24) is 10.6 Å². The van der Waals surface area contributed by atoms with Crippen molar-refractivity contribution in [3.63, 3.8) is 0 Å². The zero-order chi connectivity index (χ0) is 23.7. The fourth-order valence-electron chi connectivity index (χ4n) is 2.76. The normalized spacial score (nSPS) is 12.9. The minimum Gasteiger partial charge on any atom is -0.491 e. The highest BCUT2D eigenvalue weighted by Crippen LogP contribution is 2.23. The largest absolute Gasteiger partial charge is 0.491 e. The van der Waals surface area contributed by atoms with Gasteiger partial charge in [-0.05, 0) is 60.6 Å². The maximum absolute atomic E-state index is 12.7. The summed E-state index contributed by atoms with van der Waals surface area (Å²) >= 11 is 2.12. The zero-order valence-corrected chi connectivity index (χ0v) is 20.1. The van der Waals surface area contributed by atoms with E-state index in [4.69, 9.17) is 9.84 Å². The first-order valence-corrected chi connectivity index (χ1v) is 10.9. The Morgan fingerprint density at radius 1 is 1.13 bits per heavy atom. The molecule has 1 aromatic rings. The van der Waals surface area contributed by atoms with E-state index in [1.54, 1.807) is 19.9 Å². The summed E-state index contributed by atoms with van der Waals surface area (Å²) in [5.41, 5.74) is 0.650. The van der Waals surface area contributed by atoms with Gasteiger partial charge in [-0.1, -0.05) is 13.8 Å². The lowest BCUT2D eigenvalue weighted by Gasteiger charge is -2.24. The Kier molecular flexibility index (Phi) is 10.9. The average Bonchev–Trinajstić information content (AvgIpc) is 2.66. The van der Waals surface area contributed by atoms with E-state index in [1.807, 2.05) is 26.0 Å². The molecule has 0 aromatic heterocycles. The molecule has 1 rings (SSSR count). The highest BCUT2D eigenvalue weighted by Gasteiger charge is 2.30. The van der Waals surface area contributed by atoms with Gasteiger partial charge >= 0.3 is 5.97 Å². The van der Waals surface area contributed by atoms with Crippen molar-refractivity contribution < 1.29 is 33.4 Å². The third-order valence-corrected chi connectivity index (χ3v) is 4.89. The number of alkyl halides is 1. The van der Waals surface area contributed by atoms with Crippen LogP contribution in [-0.4, -0.2) is 53.5 Å². The van der Waals surface area contributed by atoms with Gasteiger partial charge in [0.2, 0.25) is 11.8 Å². The molecule has 0 heterocycles. The minimum atomic E-state index is -1.50. The molecule has 0 aliphatic rings. The van der Waals surface area contributed by atoms with Crippen molar-refractivity contribution >= 4 is 46.2 Å². The molecular formula is C21H28FIN2O6. The summed E-state index contributed by atoms with van der Waals surface area (Å²) in [7, 11) is 0. The Hall–Kier alpha value is -2.24. The molecule has 8 nitrogen and oxygen atoms in total. The van der Waals surface area contributed by atoms with Gasteiger partial charge in [-0.15, -0.1) is 0 Å². The number of hydrogen-bond donors (Lipinski definition) is 3. The summed E-state index contributed by atoms with van der Waals surface area (Å²) < 4.78 is 19.4. The number of ether oxygens (including phenoxy) is 1. The molecule has 0 fully saturated rings. The van der Waals surface area contributed by atoms with E-state index in [9.17, 15) is 23.6 Å². The van der Waals surface area contributed by atoms with Crippen LogP contribution in [0, 0.1) is 9.49 Å². The van der Waals surface area contributed by atoms with Crippen LogP contribution in [0.5, 0.6) is 5.75 Å². The molecule has 1 aromatic carbocycles. The quantitative estimate of drug-likeness (QED) is 0.344. The number of Topliss-reactive ketones (excluding diaryl/α,β-unsaturated/α-hetero) is 1. The molecule has 172 valence electrons. The van der Waals surface area contributed by atoms with Crippen LogP contribution in [0.4, 0.5) is 4.39 Å². The van der Waals surface area contributed by atoms with Crippen molar-refractivity contribution in [3.05, 3.63) is 27.3 Å². The number of amides is 2. The van der Waals surface area contributed by atoms with E-state index >= 15 is 0 Å². The Bertz CT molecular complexity index is 815. The molecule has 3 N–H and O–H groups in total. The number of ketones is 1. The number of carboxylic acids is 1. The van der Waals surface area contributed by atoms with Crippen LogP contribution in [0.3, 0.4) is 0 Å². The first-order chi connectivity index (χ1) is 14.4. The van der Waals surface area contributed by atoms with Crippen LogP contribution in [-0.2, 0) is 25.6 Å². The second-order valence-corrected chi connectivity index (χ2v) is 8.89. The Morgan fingerprint density at radius 2 is 1.77 bits per heavy atom.